The molecule has 1 heterocycles. The molecule has 1 aromatic carbocycles. The van der Waals surface area contributed by atoms with Crippen LogP contribution in [0.5, 0.6) is 0 Å². The zero-order valence-electron chi connectivity index (χ0n) is 11.5. The zero-order valence-corrected chi connectivity index (χ0v) is 11.5. The second-order valence-corrected chi connectivity index (χ2v) is 5.01. The Hall–Kier alpha value is -2.02. The Balaban J connectivity index is 2.04. The van der Waals surface area contributed by atoms with Crippen molar-refractivity contribution in [2.45, 2.75) is 6.42 Å². The minimum Gasteiger partial charge on any atom is -0.369 e. The minimum atomic E-state index is -0.863. The van der Waals surface area contributed by atoms with Crippen LogP contribution in [0, 0.1) is 11.6 Å². The molecule has 1 aliphatic heterocycles. The molecule has 114 valence electrons. The van der Waals surface area contributed by atoms with E-state index >= 15 is 0 Å². The number of nitrogens with two attached hydrogens (primary N) is 1. The maximum Gasteiger partial charge on any atom is 0.256 e. The summed E-state index contributed by atoms with van der Waals surface area (Å²) in [7, 11) is 0. The van der Waals surface area contributed by atoms with E-state index in [9.17, 15) is 18.4 Å². The average Bonchev–Trinajstić information content (AvgIpc) is 2.63. The van der Waals surface area contributed by atoms with Crippen LogP contribution >= 0.6 is 0 Å². The lowest BCUT2D eigenvalue weighted by Gasteiger charge is -2.21. The molecule has 1 aromatic rings. The maximum absolute atomic E-state index is 13.6. The Kier molecular flexibility index (Phi) is 4.85. The lowest BCUT2D eigenvalue weighted by Crippen LogP contribution is -2.38. The molecule has 0 bridgehead atoms. The summed E-state index contributed by atoms with van der Waals surface area (Å²) >= 11 is 0. The van der Waals surface area contributed by atoms with E-state index < -0.39 is 23.4 Å². The summed E-state index contributed by atoms with van der Waals surface area (Å²) in [6.45, 7) is 2.14. The number of rotatable bonds is 3. The molecule has 1 saturated heterocycles. The Bertz CT molecular complexity index is 551. The molecule has 7 heteroatoms. The Morgan fingerprint density at radius 2 is 1.90 bits per heavy atom. The van der Waals surface area contributed by atoms with E-state index in [-0.39, 0.29) is 12.1 Å². The molecule has 2 N–H and O–H groups in total. The average molecular weight is 297 g/mol. The Morgan fingerprint density at radius 1 is 1.14 bits per heavy atom. The van der Waals surface area contributed by atoms with Crippen molar-refractivity contribution in [3.8, 4) is 0 Å². The van der Waals surface area contributed by atoms with Gasteiger partial charge in [0.1, 0.15) is 11.6 Å². The topological polar surface area (TPSA) is 66.6 Å². The van der Waals surface area contributed by atoms with Crippen molar-refractivity contribution >= 4 is 11.8 Å². The number of amides is 2. The molecule has 0 radical (unpaired) electrons. The first kappa shape index (κ1) is 15.4. The fraction of sp³-hybridized carbons (Fsp3) is 0.429. The molecule has 0 atom stereocenters. The van der Waals surface area contributed by atoms with Gasteiger partial charge in [-0.2, -0.15) is 0 Å². The molecule has 0 spiro atoms. The monoisotopic (exact) mass is 297 g/mol. The first-order chi connectivity index (χ1) is 9.97. The molecule has 0 aromatic heterocycles. The van der Waals surface area contributed by atoms with Crippen molar-refractivity contribution in [1.82, 2.24) is 9.80 Å². The number of benzene rings is 1. The Labute approximate surface area is 121 Å². The van der Waals surface area contributed by atoms with Crippen LogP contribution < -0.4 is 5.73 Å². The third-order valence-corrected chi connectivity index (χ3v) is 3.42. The number of nitrogens with zero attached hydrogens (tertiary/aromatic N) is 2. The fourth-order valence-corrected chi connectivity index (χ4v) is 2.39. The van der Waals surface area contributed by atoms with E-state index in [4.69, 9.17) is 5.73 Å². The van der Waals surface area contributed by atoms with Crippen LogP contribution in [0.3, 0.4) is 0 Å². The molecular weight excluding hydrogens is 280 g/mol. The summed E-state index contributed by atoms with van der Waals surface area (Å²) in [5.74, 6) is -2.46. The molecule has 5 nitrogen and oxygen atoms in total. The number of carbonyl (C=O) groups is 2. The molecular formula is C14H17F2N3O2. The van der Waals surface area contributed by atoms with E-state index in [1.54, 1.807) is 0 Å². The van der Waals surface area contributed by atoms with Crippen molar-refractivity contribution in [2.24, 2.45) is 5.73 Å². The van der Waals surface area contributed by atoms with Gasteiger partial charge in [0.25, 0.3) is 5.91 Å². The van der Waals surface area contributed by atoms with Crippen molar-refractivity contribution in [1.29, 1.82) is 0 Å². The largest absolute Gasteiger partial charge is 0.369 e. The first-order valence-corrected chi connectivity index (χ1v) is 6.72. The van der Waals surface area contributed by atoms with E-state index in [0.717, 1.165) is 12.1 Å². The SMILES string of the molecule is NC(=O)CN1CCCN(C(=O)c2ccc(F)cc2F)CC1. The van der Waals surface area contributed by atoms with Gasteiger partial charge in [0.2, 0.25) is 5.91 Å². The molecule has 2 rings (SSSR count). The number of hydrogen-bond donors (Lipinski definition) is 1. The molecule has 2 amide bonds. The van der Waals surface area contributed by atoms with Crippen molar-refractivity contribution in [3.05, 3.63) is 35.4 Å². The lowest BCUT2D eigenvalue weighted by atomic mass is 10.1. The van der Waals surface area contributed by atoms with Gasteiger partial charge in [-0.15, -0.1) is 0 Å². The molecule has 1 fully saturated rings. The smallest absolute Gasteiger partial charge is 0.256 e. The summed E-state index contributed by atoms with van der Waals surface area (Å²) in [6, 6.07) is 2.91. The molecule has 1 aliphatic rings. The third kappa shape index (κ3) is 3.98. The fourth-order valence-electron chi connectivity index (χ4n) is 2.39. The van der Waals surface area contributed by atoms with Crippen LogP contribution in [0.2, 0.25) is 0 Å². The molecule has 0 aliphatic carbocycles. The van der Waals surface area contributed by atoms with Crippen LogP contribution in [-0.2, 0) is 4.79 Å². The van der Waals surface area contributed by atoms with Crippen molar-refractivity contribution in [3.63, 3.8) is 0 Å². The van der Waals surface area contributed by atoms with Gasteiger partial charge in [0, 0.05) is 32.2 Å². The number of hydrogen-bond acceptors (Lipinski definition) is 3. The van der Waals surface area contributed by atoms with Gasteiger partial charge in [-0.1, -0.05) is 0 Å². The van der Waals surface area contributed by atoms with Crippen LogP contribution in [0.4, 0.5) is 8.78 Å². The standard InChI is InChI=1S/C14H17F2N3O2/c15-10-2-3-11(12(16)8-10)14(21)19-5-1-4-18(6-7-19)9-13(17)20/h2-3,8H,1,4-7,9H2,(H2,17,20). The van der Waals surface area contributed by atoms with Gasteiger partial charge < -0.3 is 10.6 Å². The van der Waals surface area contributed by atoms with Gasteiger partial charge in [-0.25, -0.2) is 8.78 Å². The van der Waals surface area contributed by atoms with Gasteiger partial charge in [0.15, 0.2) is 0 Å². The zero-order chi connectivity index (χ0) is 15.4. The van der Waals surface area contributed by atoms with E-state index in [1.165, 1.54) is 4.90 Å². The molecule has 21 heavy (non-hydrogen) atoms. The molecule has 0 unspecified atom stereocenters. The summed E-state index contributed by atoms with van der Waals surface area (Å²) in [5, 5.41) is 0. The summed E-state index contributed by atoms with van der Waals surface area (Å²) in [5.41, 5.74) is 5.01. The number of primary amides is 1. The quantitative estimate of drug-likeness (QED) is 0.888. The van der Waals surface area contributed by atoms with Crippen LogP contribution in [0.15, 0.2) is 18.2 Å². The highest BCUT2D eigenvalue weighted by Crippen LogP contribution is 2.14. The van der Waals surface area contributed by atoms with Crippen LogP contribution in [0.1, 0.15) is 16.8 Å². The predicted molar refractivity (Wildman–Crippen MR) is 72.5 cm³/mol. The van der Waals surface area contributed by atoms with Gasteiger partial charge in [0.05, 0.1) is 12.1 Å². The van der Waals surface area contributed by atoms with E-state index in [2.05, 4.69) is 0 Å². The normalized spacial score (nSPS) is 16.6. The lowest BCUT2D eigenvalue weighted by molar-refractivity contribution is -0.119. The van der Waals surface area contributed by atoms with Crippen molar-refractivity contribution < 1.29 is 18.4 Å². The highest BCUT2D eigenvalue weighted by molar-refractivity contribution is 5.94. The van der Waals surface area contributed by atoms with Crippen molar-refractivity contribution in [2.75, 3.05) is 32.7 Å². The second-order valence-electron chi connectivity index (χ2n) is 5.01. The van der Waals surface area contributed by atoms with Crippen LogP contribution in [0.25, 0.3) is 0 Å². The Morgan fingerprint density at radius 3 is 2.57 bits per heavy atom. The highest BCUT2D eigenvalue weighted by atomic mass is 19.1. The van der Waals surface area contributed by atoms with Gasteiger partial charge in [-0.3, -0.25) is 14.5 Å². The number of carbonyl (C=O) groups excluding carboxylic acids is 2. The molecule has 0 saturated carbocycles. The third-order valence-electron chi connectivity index (χ3n) is 3.42. The minimum absolute atomic E-state index is 0.139. The maximum atomic E-state index is 13.6. The van der Waals surface area contributed by atoms with Gasteiger partial charge >= 0.3 is 0 Å². The predicted octanol–water partition coefficient (Wildman–Crippen LogP) is 0.598. The summed E-state index contributed by atoms with van der Waals surface area (Å²) < 4.78 is 26.5. The highest BCUT2D eigenvalue weighted by Gasteiger charge is 2.23. The van der Waals surface area contributed by atoms with Crippen LogP contribution in [-0.4, -0.2) is 54.3 Å². The van der Waals surface area contributed by atoms with Gasteiger partial charge in [-0.05, 0) is 18.6 Å². The summed E-state index contributed by atoms with van der Waals surface area (Å²) in [6.07, 6.45) is 0.668. The van der Waals surface area contributed by atoms with E-state index in [1.807, 2.05) is 4.90 Å². The van der Waals surface area contributed by atoms with E-state index in [0.29, 0.717) is 38.7 Å². The number of halogens is 2. The second kappa shape index (κ2) is 6.62. The first-order valence-electron chi connectivity index (χ1n) is 6.72. The summed E-state index contributed by atoms with van der Waals surface area (Å²) in [4.78, 5) is 26.5.